The first kappa shape index (κ1) is 13.6. The highest BCUT2D eigenvalue weighted by Crippen LogP contribution is 2.31. The van der Waals surface area contributed by atoms with Crippen LogP contribution in [0.15, 0.2) is 12.8 Å². The molecular weight excluding hydrogens is 242 g/mol. The van der Waals surface area contributed by atoms with Crippen molar-refractivity contribution in [1.82, 2.24) is 14.9 Å². The second-order valence-electron chi connectivity index (χ2n) is 5.76. The molecule has 2 heterocycles. The van der Waals surface area contributed by atoms with Crippen molar-refractivity contribution in [3.8, 4) is 0 Å². The van der Waals surface area contributed by atoms with Gasteiger partial charge in [-0.2, -0.15) is 0 Å². The summed E-state index contributed by atoms with van der Waals surface area (Å²) in [6.07, 6.45) is 5.04. The Balaban J connectivity index is 2.12. The molecule has 1 saturated heterocycles. The molecule has 0 spiro atoms. The van der Waals surface area contributed by atoms with Gasteiger partial charge in [-0.15, -0.1) is 0 Å². The highest BCUT2D eigenvalue weighted by atomic mass is 16.6. The van der Waals surface area contributed by atoms with E-state index < -0.39 is 5.60 Å². The van der Waals surface area contributed by atoms with Crippen LogP contribution in [-0.2, 0) is 4.74 Å². The maximum atomic E-state index is 12.2. The summed E-state index contributed by atoms with van der Waals surface area (Å²) in [5.41, 5.74) is 0.394. The SMILES string of the molecule is C=Cc1cnc(C2CCCN2C(=O)OC(C)(C)C)[nH]1. The summed E-state index contributed by atoms with van der Waals surface area (Å²) in [6.45, 7) is 10.0. The lowest BCUT2D eigenvalue weighted by atomic mass is 10.2. The van der Waals surface area contributed by atoms with Gasteiger partial charge in [0.2, 0.25) is 0 Å². The van der Waals surface area contributed by atoms with Gasteiger partial charge in [0.05, 0.1) is 17.9 Å². The number of aromatic nitrogens is 2. The predicted octanol–water partition coefficient (Wildman–Crippen LogP) is 3.12. The molecule has 19 heavy (non-hydrogen) atoms. The number of nitrogens with zero attached hydrogens (tertiary/aromatic N) is 2. The van der Waals surface area contributed by atoms with Gasteiger partial charge in [0.1, 0.15) is 11.4 Å². The summed E-state index contributed by atoms with van der Waals surface area (Å²) in [5, 5.41) is 0. The average molecular weight is 263 g/mol. The van der Waals surface area contributed by atoms with Crippen LogP contribution in [0.2, 0.25) is 0 Å². The van der Waals surface area contributed by atoms with Gasteiger partial charge in [0, 0.05) is 6.54 Å². The fourth-order valence-corrected chi connectivity index (χ4v) is 2.21. The van der Waals surface area contributed by atoms with Crippen LogP contribution in [0.3, 0.4) is 0 Å². The first-order valence-corrected chi connectivity index (χ1v) is 6.57. The van der Waals surface area contributed by atoms with Crippen molar-refractivity contribution in [2.75, 3.05) is 6.54 Å². The summed E-state index contributed by atoms with van der Waals surface area (Å²) in [4.78, 5) is 21.4. The number of H-pyrrole nitrogens is 1. The number of likely N-dealkylation sites (tertiary alicyclic amines) is 1. The summed E-state index contributed by atoms with van der Waals surface area (Å²) in [5.74, 6) is 0.804. The molecule has 1 fully saturated rings. The molecule has 1 aliphatic heterocycles. The number of hydrogen-bond donors (Lipinski definition) is 1. The third-order valence-corrected chi connectivity index (χ3v) is 3.03. The molecule has 0 aromatic carbocycles. The number of rotatable bonds is 2. The van der Waals surface area contributed by atoms with E-state index in [-0.39, 0.29) is 12.1 Å². The van der Waals surface area contributed by atoms with Crippen LogP contribution in [0.5, 0.6) is 0 Å². The normalized spacial score (nSPS) is 19.5. The van der Waals surface area contributed by atoms with Crippen molar-refractivity contribution in [2.45, 2.75) is 45.3 Å². The second kappa shape index (κ2) is 5.07. The Bertz CT molecular complexity index is 473. The van der Waals surface area contributed by atoms with Crippen LogP contribution < -0.4 is 0 Å². The van der Waals surface area contributed by atoms with E-state index in [1.54, 1.807) is 17.2 Å². The van der Waals surface area contributed by atoms with Crippen molar-refractivity contribution in [3.05, 3.63) is 24.3 Å². The summed E-state index contributed by atoms with van der Waals surface area (Å²) >= 11 is 0. The minimum atomic E-state index is -0.473. The largest absolute Gasteiger partial charge is 0.444 e. The maximum Gasteiger partial charge on any atom is 0.410 e. The highest BCUT2D eigenvalue weighted by Gasteiger charge is 2.34. The minimum Gasteiger partial charge on any atom is -0.444 e. The number of aromatic amines is 1. The molecule has 1 aliphatic rings. The van der Waals surface area contributed by atoms with Crippen molar-refractivity contribution in [3.63, 3.8) is 0 Å². The Morgan fingerprint density at radius 2 is 2.37 bits per heavy atom. The molecule has 104 valence electrons. The van der Waals surface area contributed by atoms with E-state index in [1.807, 2.05) is 20.8 Å². The Hall–Kier alpha value is -1.78. The van der Waals surface area contributed by atoms with E-state index in [2.05, 4.69) is 16.5 Å². The Labute approximate surface area is 113 Å². The fraction of sp³-hybridized carbons (Fsp3) is 0.571. The number of carbonyl (C=O) groups is 1. The lowest BCUT2D eigenvalue weighted by Gasteiger charge is -2.27. The summed E-state index contributed by atoms with van der Waals surface area (Å²) in [7, 11) is 0. The van der Waals surface area contributed by atoms with Crippen molar-refractivity contribution in [2.24, 2.45) is 0 Å². The standard InChI is InChI=1S/C14H21N3O2/c1-5-10-9-15-12(16-10)11-7-6-8-17(11)13(18)19-14(2,3)4/h5,9,11H,1,6-8H2,2-4H3,(H,15,16). The fourth-order valence-electron chi connectivity index (χ4n) is 2.21. The summed E-state index contributed by atoms with van der Waals surface area (Å²) in [6, 6.07) is -0.0245. The van der Waals surface area contributed by atoms with Crippen LogP contribution in [0.1, 0.15) is 51.2 Å². The number of ether oxygens (including phenoxy) is 1. The van der Waals surface area contributed by atoms with Crippen LogP contribution in [-0.4, -0.2) is 33.1 Å². The monoisotopic (exact) mass is 263 g/mol. The maximum absolute atomic E-state index is 12.2. The van der Waals surface area contributed by atoms with E-state index >= 15 is 0 Å². The molecule has 1 unspecified atom stereocenters. The third kappa shape index (κ3) is 3.16. The molecule has 5 nitrogen and oxygen atoms in total. The molecule has 5 heteroatoms. The number of nitrogens with one attached hydrogen (secondary N) is 1. The van der Waals surface area contributed by atoms with Gasteiger partial charge in [0.15, 0.2) is 0 Å². The van der Waals surface area contributed by atoms with Crippen molar-refractivity contribution in [1.29, 1.82) is 0 Å². The molecule has 1 N–H and O–H groups in total. The number of hydrogen-bond acceptors (Lipinski definition) is 3. The van der Waals surface area contributed by atoms with Gasteiger partial charge >= 0.3 is 6.09 Å². The van der Waals surface area contributed by atoms with E-state index in [9.17, 15) is 4.79 Å². The van der Waals surface area contributed by atoms with Gasteiger partial charge in [-0.1, -0.05) is 6.58 Å². The molecule has 1 aromatic rings. The molecule has 2 rings (SSSR count). The molecule has 1 amide bonds. The van der Waals surface area contributed by atoms with Gasteiger partial charge in [-0.3, -0.25) is 4.90 Å². The lowest BCUT2D eigenvalue weighted by molar-refractivity contribution is 0.0218. The molecule has 0 saturated carbocycles. The van der Waals surface area contributed by atoms with Crippen molar-refractivity contribution < 1.29 is 9.53 Å². The zero-order valence-corrected chi connectivity index (χ0v) is 11.8. The van der Waals surface area contributed by atoms with Crippen LogP contribution in [0.4, 0.5) is 4.79 Å². The lowest BCUT2D eigenvalue weighted by Crippen LogP contribution is -2.36. The zero-order valence-electron chi connectivity index (χ0n) is 11.8. The van der Waals surface area contributed by atoms with Gasteiger partial charge in [-0.05, 0) is 39.7 Å². The van der Waals surface area contributed by atoms with Gasteiger partial charge < -0.3 is 9.72 Å². The topological polar surface area (TPSA) is 58.2 Å². The van der Waals surface area contributed by atoms with E-state index in [1.165, 1.54) is 0 Å². The Morgan fingerprint density at radius 1 is 1.63 bits per heavy atom. The van der Waals surface area contributed by atoms with Gasteiger partial charge in [0.25, 0.3) is 0 Å². The molecule has 0 radical (unpaired) electrons. The van der Waals surface area contributed by atoms with Crippen LogP contribution in [0, 0.1) is 0 Å². The number of amides is 1. The first-order chi connectivity index (χ1) is 8.90. The van der Waals surface area contributed by atoms with E-state index in [0.717, 1.165) is 24.4 Å². The Morgan fingerprint density at radius 3 is 2.95 bits per heavy atom. The molecule has 1 aromatic heterocycles. The first-order valence-electron chi connectivity index (χ1n) is 6.57. The molecule has 0 aliphatic carbocycles. The van der Waals surface area contributed by atoms with Crippen LogP contribution >= 0.6 is 0 Å². The van der Waals surface area contributed by atoms with Crippen molar-refractivity contribution >= 4 is 12.2 Å². The molecular formula is C14H21N3O2. The number of imidazole rings is 1. The second-order valence-corrected chi connectivity index (χ2v) is 5.76. The zero-order chi connectivity index (χ0) is 14.0. The average Bonchev–Trinajstić information content (AvgIpc) is 2.95. The molecule has 0 bridgehead atoms. The predicted molar refractivity (Wildman–Crippen MR) is 73.6 cm³/mol. The minimum absolute atomic E-state index is 0.0245. The van der Waals surface area contributed by atoms with E-state index in [4.69, 9.17) is 4.74 Å². The summed E-state index contributed by atoms with van der Waals surface area (Å²) < 4.78 is 5.43. The van der Waals surface area contributed by atoms with E-state index in [0.29, 0.717) is 6.54 Å². The smallest absolute Gasteiger partial charge is 0.410 e. The molecule has 1 atom stereocenters. The third-order valence-electron chi connectivity index (χ3n) is 3.03. The quantitative estimate of drug-likeness (QED) is 0.891. The highest BCUT2D eigenvalue weighted by molar-refractivity contribution is 5.69. The van der Waals surface area contributed by atoms with Gasteiger partial charge in [-0.25, -0.2) is 9.78 Å². The Kier molecular flexibility index (Phi) is 3.64. The van der Waals surface area contributed by atoms with Crippen LogP contribution in [0.25, 0.3) is 6.08 Å². The number of carbonyl (C=O) groups excluding carboxylic acids is 1.